The van der Waals surface area contributed by atoms with Crippen molar-refractivity contribution in [1.82, 2.24) is 0 Å². The van der Waals surface area contributed by atoms with E-state index in [2.05, 4.69) is 19.1 Å². The maximum atomic E-state index is 6.54. The van der Waals surface area contributed by atoms with Crippen LogP contribution in [0.25, 0.3) is 0 Å². The van der Waals surface area contributed by atoms with Crippen LogP contribution in [-0.4, -0.2) is 38.6 Å². The number of nitrogens with two attached hydrogens (primary N) is 1. The summed E-state index contributed by atoms with van der Waals surface area (Å²) in [6, 6.07) is 6.16. The Morgan fingerprint density at radius 3 is 2.67 bits per heavy atom. The molecule has 0 radical (unpaired) electrons. The van der Waals surface area contributed by atoms with Crippen LogP contribution >= 0.6 is 0 Å². The number of benzene rings is 1. The second kappa shape index (κ2) is 7.25. The lowest BCUT2D eigenvalue weighted by molar-refractivity contribution is -0.120. The van der Waals surface area contributed by atoms with Crippen LogP contribution in [0.1, 0.15) is 30.9 Å². The van der Waals surface area contributed by atoms with Crippen molar-refractivity contribution in [3.8, 4) is 5.75 Å². The van der Waals surface area contributed by atoms with Gasteiger partial charge in [-0.25, -0.2) is 0 Å². The van der Waals surface area contributed by atoms with E-state index >= 15 is 0 Å². The minimum absolute atomic E-state index is 0.0583. The van der Waals surface area contributed by atoms with Gasteiger partial charge in [-0.3, -0.25) is 0 Å². The zero-order valence-corrected chi connectivity index (χ0v) is 13.4. The number of hydrogen-bond acceptors (Lipinski definition) is 4. The van der Waals surface area contributed by atoms with Crippen molar-refractivity contribution in [2.45, 2.75) is 44.8 Å². The number of aryl methyl sites for hydroxylation is 1. The number of hydrogen-bond donors (Lipinski definition) is 1. The van der Waals surface area contributed by atoms with Crippen LogP contribution in [0, 0.1) is 6.92 Å². The molecule has 0 amide bonds. The van der Waals surface area contributed by atoms with Gasteiger partial charge in [0.05, 0.1) is 12.7 Å². The Labute approximate surface area is 127 Å². The summed E-state index contributed by atoms with van der Waals surface area (Å²) in [5.41, 5.74) is 8.63. The van der Waals surface area contributed by atoms with E-state index < -0.39 is 0 Å². The molecule has 118 valence electrons. The van der Waals surface area contributed by atoms with E-state index in [0.717, 1.165) is 43.8 Å². The van der Waals surface area contributed by atoms with Crippen molar-refractivity contribution < 1.29 is 14.2 Å². The molecule has 0 aromatic heterocycles. The summed E-state index contributed by atoms with van der Waals surface area (Å²) >= 11 is 0. The topological polar surface area (TPSA) is 53.7 Å². The van der Waals surface area contributed by atoms with Crippen molar-refractivity contribution in [3.05, 3.63) is 29.3 Å². The highest BCUT2D eigenvalue weighted by Crippen LogP contribution is 2.31. The van der Waals surface area contributed by atoms with Gasteiger partial charge in [-0.15, -0.1) is 0 Å². The van der Waals surface area contributed by atoms with E-state index in [1.54, 1.807) is 7.11 Å². The quantitative estimate of drug-likeness (QED) is 0.875. The monoisotopic (exact) mass is 293 g/mol. The van der Waals surface area contributed by atoms with E-state index in [4.69, 9.17) is 19.9 Å². The molecule has 21 heavy (non-hydrogen) atoms. The highest BCUT2D eigenvalue weighted by atomic mass is 16.5. The smallest absolute Gasteiger partial charge is 0.122 e. The number of rotatable bonds is 6. The summed E-state index contributed by atoms with van der Waals surface area (Å²) in [6.45, 7) is 6.23. The SMILES string of the molecule is CCOC1(C(N)Cc2cc(C)ccc2OC)CCOCC1. The number of methoxy groups -OCH3 is 1. The Morgan fingerprint density at radius 2 is 2.05 bits per heavy atom. The Bertz CT molecular complexity index is 450. The van der Waals surface area contributed by atoms with Gasteiger partial charge in [-0.05, 0) is 31.9 Å². The van der Waals surface area contributed by atoms with Gasteiger partial charge in [-0.1, -0.05) is 17.7 Å². The van der Waals surface area contributed by atoms with Crippen molar-refractivity contribution in [2.24, 2.45) is 5.73 Å². The molecule has 1 unspecified atom stereocenters. The van der Waals surface area contributed by atoms with Crippen LogP contribution in [-0.2, 0) is 15.9 Å². The van der Waals surface area contributed by atoms with Gasteiger partial charge in [-0.2, -0.15) is 0 Å². The van der Waals surface area contributed by atoms with Crippen LogP contribution in [0.4, 0.5) is 0 Å². The summed E-state index contributed by atoms with van der Waals surface area (Å²) in [6.07, 6.45) is 2.47. The van der Waals surface area contributed by atoms with Gasteiger partial charge >= 0.3 is 0 Å². The molecule has 4 nitrogen and oxygen atoms in total. The molecule has 1 atom stereocenters. The summed E-state index contributed by atoms with van der Waals surface area (Å²) in [7, 11) is 1.70. The fourth-order valence-corrected chi connectivity index (χ4v) is 3.12. The molecular formula is C17H27NO3. The zero-order valence-electron chi connectivity index (χ0n) is 13.4. The average molecular weight is 293 g/mol. The van der Waals surface area contributed by atoms with Crippen LogP contribution in [0.2, 0.25) is 0 Å². The zero-order chi connectivity index (χ0) is 15.3. The Hall–Kier alpha value is -1.10. The summed E-state index contributed by atoms with van der Waals surface area (Å²) in [5.74, 6) is 0.898. The Kier molecular flexibility index (Phi) is 5.62. The second-order valence-electron chi connectivity index (χ2n) is 5.74. The maximum absolute atomic E-state index is 6.54. The highest BCUT2D eigenvalue weighted by Gasteiger charge is 2.39. The molecular weight excluding hydrogens is 266 g/mol. The van der Waals surface area contributed by atoms with Gasteiger partial charge < -0.3 is 19.9 Å². The first-order valence-corrected chi connectivity index (χ1v) is 7.72. The summed E-state index contributed by atoms with van der Waals surface area (Å²) < 4.78 is 17.0. The first-order chi connectivity index (χ1) is 10.1. The van der Waals surface area contributed by atoms with Crippen molar-refractivity contribution in [3.63, 3.8) is 0 Å². The Morgan fingerprint density at radius 1 is 1.33 bits per heavy atom. The van der Waals surface area contributed by atoms with Crippen molar-refractivity contribution in [2.75, 3.05) is 26.9 Å². The van der Waals surface area contributed by atoms with Crippen LogP contribution in [0.15, 0.2) is 18.2 Å². The molecule has 1 heterocycles. The Balaban J connectivity index is 2.18. The van der Waals surface area contributed by atoms with E-state index in [-0.39, 0.29) is 11.6 Å². The molecule has 1 aliphatic rings. The lowest BCUT2D eigenvalue weighted by Crippen LogP contribution is -2.54. The highest BCUT2D eigenvalue weighted by molar-refractivity contribution is 5.37. The summed E-state index contributed by atoms with van der Waals surface area (Å²) in [5, 5.41) is 0. The predicted molar refractivity (Wildman–Crippen MR) is 83.8 cm³/mol. The standard InChI is InChI=1S/C17H27NO3/c1-4-21-17(7-9-20-10-8-17)16(18)12-14-11-13(2)5-6-15(14)19-3/h5-6,11,16H,4,7-10,12,18H2,1-3H3. The number of ether oxygens (including phenoxy) is 3. The third-order valence-corrected chi connectivity index (χ3v) is 4.32. The molecule has 1 aliphatic heterocycles. The van der Waals surface area contributed by atoms with Crippen LogP contribution in [0.5, 0.6) is 5.75 Å². The molecule has 4 heteroatoms. The van der Waals surface area contributed by atoms with Crippen molar-refractivity contribution >= 4 is 0 Å². The summed E-state index contributed by atoms with van der Waals surface area (Å²) in [4.78, 5) is 0. The van der Waals surface area contributed by atoms with Gasteiger partial charge in [0.15, 0.2) is 0 Å². The fourth-order valence-electron chi connectivity index (χ4n) is 3.12. The van der Waals surface area contributed by atoms with E-state index in [9.17, 15) is 0 Å². The third-order valence-electron chi connectivity index (χ3n) is 4.32. The van der Waals surface area contributed by atoms with Gasteiger partial charge in [0, 0.05) is 38.7 Å². The van der Waals surface area contributed by atoms with Gasteiger partial charge in [0.25, 0.3) is 0 Å². The molecule has 0 saturated carbocycles. The van der Waals surface area contributed by atoms with Gasteiger partial charge in [0.2, 0.25) is 0 Å². The van der Waals surface area contributed by atoms with E-state index in [1.165, 1.54) is 5.56 Å². The molecule has 0 spiro atoms. The second-order valence-corrected chi connectivity index (χ2v) is 5.74. The molecule has 1 saturated heterocycles. The minimum atomic E-state index is -0.276. The maximum Gasteiger partial charge on any atom is 0.122 e. The van der Waals surface area contributed by atoms with Gasteiger partial charge in [0.1, 0.15) is 5.75 Å². The molecule has 2 N–H and O–H groups in total. The predicted octanol–water partition coefficient (Wildman–Crippen LogP) is 2.46. The molecule has 2 rings (SSSR count). The van der Waals surface area contributed by atoms with E-state index in [1.807, 2.05) is 13.0 Å². The van der Waals surface area contributed by atoms with Crippen molar-refractivity contribution in [1.29, 1.82) is 0 Å². The normalized spacial score (nSPS) is 19.2. The third kappa shape index (κ3) is 3.76. The van der Waals surface area contributed by atoms with Crippen LogP contribution < -0.4 is 10.5 Å². The lowest BCUT2D eigenvalue weighted by Gasteiger charge is -2.41. The minimum Gasteiger partial charge on any atom is -0.496 e. The molecule has 1 aromatic carbocycles. The molecule has 1 fully saturated rings. The van der Waals surface area contributed by atoms with Crippen LogP contribution in [0.3, 0.4) is 0 Å². The lowest BCUT2D eigenvalue weighted by atomic mass is 9.83. The molecule has 1 aromatic rings. The average Bonchev–Trinajstić information content (AvgIpc) is 2.49. The molecule has 0 aliphatic carbocycles. The fraction of sp³-hybridized carbons (Fsp3) is 0.647. The van der Waals surface area contributed by atoms with E-state index in [0.29, 0.717) is 6.61 Å². The first kappa shape index (κ1) is 16.3. The largest absolute Gasteiger partial charge is 0.496 e. The first-order valence-electron chi connectivity index (χ1n) is 7.72. The molecule has 0 bridgehead atoms.